The molecular formula is C21H26O2. The van der Waals surface area contributed by atoms with Gasteiger partial charge >= 0.3 is 0 Å². The van der Waals surface area contributed by atoms with E-state index >= 15 is 0 Å². The fourth-order valence-electron chi connectivity index (χ4n) is 3.57. The van der Waals surface area contributed by atoms with Gasteiger partial charge in [0, 0.05) is 16.5 Å². The Morgan fingerprint density at radius 1 is 1.04 bits per heavy atom. The zero-order valence-corrected chi connectivity index (χ0v) is 14.6. The molecule has 0 atom stereocenters. The van der Waals surface area contributed by atoms with E-state index in [1.54, 1.807) is 0 Å². The second kappa shape index (κ2) is 5.92. The smallest absolute Gasteiger partial charge is 0.135 e. The number of aryl methyl sites for hydroxylation is 2. The highest BCUT2D eigenvalue weighted by Gasteiger charge is 2.36. The second-order valence-corrected chi connectivity index (χ2v) is 7.17. The zero-order valence-electron chi connectivity index (χ0n) is 14.6. The largest absolute Gasteiger partial charge is 0.507 e. The molecule has 1 aliphatic heterocycles. The normalized spacial score (nSPS) is 14.8. The Morgan fingerprint density at radius 3 is 2.57 bits per heavy atom. The van der Waals surface area contributed by atoms with E-state index in [1.165, 1.54) is 18.4 Å². The van der Waals surface area contributed by atoms with Crippen molar-refractivity contribution in [3.05, 3.63) is 52.6 Å². The van der Waals surface area contributed by atoms with Crippen molar-refractivity contribution in [3.63, 3.8) is 0 Å². The second-order valence-electron chi connectivity index (χ2n) is 7.17. The van der Waals surface area contributed by atoms with Gasteiger partial charge in [-0.3, -0.25) is 0 Å². The molecule has 3 rings (SSSR count). The van der Waals surface area contributed by atoms with Crippen LogP contribution in [0.15, 0.2) is 30.3 Å². The minimum absolute atomic E-state index is 0.261. The van der Waals surface area contributed by atoms with Gasteiger partial charge in [-0.15, -0.1) is 0 Å². The molecule has 0 unspecified atom stereocenters. The maximum absolute atomic E-state index is 10.6. The summed E-state index contributed by atoms with van der Waals surface area (Å²) in [4.78, 5) is 0. The summed E-state index contributed by atoms with van der Waals surface area (Å²) in [6, 6.07) is 10.3. The van der Waals surface area contributed by atoms with Gasteiger partial charge < -0.3 is 9.84 Å². The summed E-state index contributed by atoms with van der Waals surface area (Å²) in [6.07, 6.45) is 4.55. The van der Waals surface area contributed by atoms with Gasteiger partial charge in [0.1, 0.15) is 17.2 Å². The molecule has 0 fully saturated rings. The molecule has 0 radical (unpaired) electrons. The fraction of sp³-hybridized carbons (Fsp3) is 0.429. The highest BCUT2D eigenvalue weighted by molar-refractivity contribution is 5.62. The van der Waals surface area contributed by atoms with Crippen LogP contribution < -0.4 is 4.74 Å². The van der Waals surface area contributed by atoms with Crippen LogP contribution in [0.3, 0.4) is 0 Å². The maximum atomic E-state index is 10.6. The number of rotatable bonds is 4. The molecule has 0 saturated heterocycles. The first-order valence-electron chi connectivity index (χ1n) is 8.59. The minimum atomic E-state index is -0.261. The first-order valence-corrected chi connectivity index (χ1v) is 8.59. The Morgan fingerprint density at radius 2 is 1.83 bits per heavy atom. The number of hydrogen-bond donors (Lipinski definition) is 1. The minimum Gasteiger partial charge on any atom is -0.507 e. The third-order valence-corrected chi connectivity index (χ3v) is 4.87. The van der Waals surface area contributed by atoms with E-state index < -0.39 is 0 Å². The molecule has 0 bridgehead atoms. The Labute approximate surface area is 139 Å². The van der Waals surface area contributed by atoms with Gasteiger partial charge in [-0.25, -0.2) is 0 Å². The van der Waals surface area contributed by atoms with Gasteiger partial charge in [0.25, 0.3) is 0 Å². The van der Waals surface area contributed by atoms with Crippen molar-refractivity contribution in [3.8, 4) is 17.2 Å². The van der Waals surface area contributed by atoms with E-state index in [-0.39, 0.29) is 5.41 Å². The van der Waals surface area contributed by atoms with Crippen molar-refractivity contribution in [1.82, 2.24) is 0 Å². The van der Waals surface area contributed by atoms with Crippen LogP contribution in [0.5, 0.6) is 17.2 Å². The highest BCUT2D eigenvalue weighted by Crippen LogP contribution is 2.51. The lowest BCUT2D eigenvalue weighted by atomic mass is 9.74. The SMILES string of the molecule is CCCCCc1cc(O)c2c(c1)Oc1cc(C)ccc1C2(C)C. The number of ether oxygens (including phenoxy) is 1. The average molecular weight is 310 g/mol. The average Bonchev–Trinajstić information content (AvgIpc) is 2.46. The highest BCUT2D eigenvalue weighted by atomic mass is 16.5. The van der Waals surface area contributed by atoms with Gasteiger partial charge in [0.05, 0.1) is 0 Å². The van der Waals surface area contributed by atoms with Gasteiger partial charge in [0.15, 0.2) is 0 Å². The van der Waals surface area contributed by atoms with E-state index in [9.17, 15) is 5.11 Å². The molecule has 2 aromatic rings. The first kappa shape index (κ1) is 15.9. The van der Waals surface area contributed by atoms with Gasteiger partial charge in [-0.1, -0.05) is 45.7 Å². The molecule has 1 N–H and O–H groups in total. The Kier molecular flexibility index (Phi) is 4.09. The Bertz CT molecular complexity index is 729. The third-order valence-electron chi connectivity index (χ3n) is 4.87. The molecule has 0 saturated carbocycles. The van der Waals surface area contributed by atoms with Crippen LogP contribution in [-0.4, -0.2) is 5.11 Å². The number of fused-ring (bicyclic) bond motifs is 2. The number of aromatic hydroxyl groups is 1. The molecule has 0 spiro atoms. The van der Waals surface area contributed by atoms with E-state index in [0.717, 1.165) is 41.0 Å². The van der Waals surface area contributed by atoms with E-state index in [4.69, 9.17) is 4.74 Å². The summed E-state index contributed by atoms with van der Waals surface area (Å²) >= 11 is 0. The summed E-state index contributed by atoms with van der Waals surface area (Å²) < 4.78 is 6.16. The summed E-state index contributed by atoms with van der Waals surface area (Å²) in [5, 5.41) is 10.6. The van der Waals surface area contributed by atoms with E-state index in [0.29, 0.717) is 5.75 Å². The summed E-state index contributed by atoms with van der Waals surface area (Å²) in [7, 11) is 0. The van der Waals surface area contributed by atoms with Crippen LogP contribution in [0.2, 0.25) is 0 Å². The van der Waals surface area contributed by atoms with Crippen LogP contribution in [0.25, 0.3) is 0 Å². The molecule has 122 valence electrons. The number of benzene rings is 2. The van der Waals surface area contributed by atoms with Crippen molar-refractivity contribution in [2.45, 2.75) is 58.8 Å². The lowest BCUT2D eigenvalue weighted by molar-refractivity contribution is 0.390. The zero-order chi connectivity index (χ0) is 16.6. The third kappa shape index (κ3) is 2.83. The van der Waals surface area contributed by atoms with Crippen molar-refractivity contribution in [2.24, 2.45) is 0 Å². The summed E-state index contributed by atoms with van der Waals surface area (Å²) in [5.41, 5.74) is 4.11. The number of hydrogen-bond acceptors (Lipinski definition) is 2. The van der Waals surface area contributed by atoms with Crippen LogP contribution in [0.1, 0.15) is 62.3 Å². The van der Waals surface area contributed by atoms with Crippen molar-refractivity contribution in [1.29, 1.82) is 0 Å². The predicted octanol–water partition coefficient (Wildman–Crippen LogP) is 5.86. The monoisotopic (exact) mass is 310 g/mol. The number of phenols is 1. The molecule has 0 aliphatic carbocycles. The molecule has 1 aliphatic rings. The quantitative estimate of drug-likeness (QED) is 0.716. The van der Waals surface area contributed by atoms with Crippen LogP contribution in [0, 0.1) is 6.92 Å². The molecular weight excluding hydrogens is 284 g/mol. The van der Waals surface area contributed by atoms with Crippen LogP contribution in [-0.2, 0) is 11.8 Å². The molecule has 2 heteroatoms. The van der Waals surface area contributed by atoms with Crippen LogP contribution >= 0.6 is 0 Å². The molecule has 23 heavy (non-hydrogen) atoms. The Balaban J connectivity index is 2.04. The summed E-state index contributed by atoms with van der Waals surface area (Å²) in [5.74, 6) is 2.07. The van der Waals surface area contributed by atoms with Gasteiger partial charge in [-0.2, -0.15) is 0 Å². The maximum Gasteiger partial charge on any atom is 0.135 e. The standard InChI is InChI=1S/C21H26O2/c1-5-6-7-8-15-12-17(22)20-19(13-15)23-18-11-14(2)9-10-16(18)21(20,3)4/h9-13,22H,5-8H2,1-4H3. The molecule has 2 aromatic carbocycles. The van der Waals surface area contributed by atoms with Crippen molar-refractivity contribution in [2.75, 3.05) is 0 Å². The number of unbranched alkanes of at least 4 members (excludes halogenated alkanes) is 2. The lowest BCUT2D eigenvalue weighted by Crippen LogP contribution is -2.24. The molecule has 2 nitrogen and oxygen atoms in total. The first-order chi connectivity index (χ1) is 10.9. The number of phenolic OH excluding ortho intramolecular Hbond substituents is 1. The van der Waals surface area contributed by atoms with Crippen molar-refractivity contribution >= 4 is 0 Å². The Hall–Kier alpha value is -1.96. The van der Waals surface area contributed by atoms with E-state index in [1.807, 2.05) is 6.07 Å². The van der Waals surface area contributed by atoms with E-state index in [2.05, 4.69) is 52.0 Å². The van der Waals surface area contributed by atoms with Gasteiger partial charge in [0.2, 0.25) is 0 Å². The fourth-order valence-corrected chi connectivity index (χ4v) is 3.57. The topological polar surface area (TPSA) is 29.5 Å². The molecule has 1 heterocycles. The molecule has 0 amide bonds. The lowest BCUT2D eigenvalue weighted by Gasteiger charge is -2.35. The predicted molar refractivity (Wildman–Crippen MR) is 94.7 cm³/mol. The van der Waals surface area contributed by atoms with Crippen molar-refractivity contribution < 1.29 is 9.84 Å². The van der Waals surface area contributed by atoms with Gasteiger partial charge in [-0.05, 0) is 49.1 Å². The summed E-state index contributed by atoms with van der Waals surface area (Å²) in [6.45, 7) is 8.58. The van der Waals surface area contributed by atoms with Crippen LogP contribution in [0.4, 0.5) is 0 Å². The molecule has 0 aromatic heterocycles.